The maximum Gasteiger partial charge on any atom is 0.343 e. The Kier molecular flexibility index (Phi) is 7.37. The number of aromatic nitrogens is 1. The van der Waals surface area contributed by atoms with Crippen LogP contribution in [0.3, 0.4) is 0 Å². The molecule has 0 radical (unpaired) electrons. The second kappa shape index (κ2) is 10.5. The predicted octanol–water partition coefficient (Wildman–Crippen LogP) is 3.38. The SMILES string of the molecule is COc1ccc(-c2oc(C3(C(=O)O)CCN(C(=O)N(C)O)CC3)nc2-c2ccc(CO)cc2)c(OC)c1. The van der Waals surface area contributed by atoms with Crippen molar-refractivity contribution in [1.82, 2.24) is 14.9 Å². The standard InChI is InChI=1S/C26H29N3O8/c1-28(34)25(33)29-12-10-26(11-13-29,24(31)32)23-27-21(17-6-4-16(15-30)5-7-17)22(37-23)19-9-8-18(35-2)14-20(19)36-3/h4-9,14,30,34H,10-13,15H2,1-3H3,(H,31,32). The van der Waals surface area contributed by atoms with Crippen LogP contribution in [0.15, 0.2) is 46.9 Å². The van der Waals surface area contributed by atoms with Gasteiger partial charge < -0.3 is 29.0 Å². The molecule has 0 bridgehead atoms. The monoisotopic (exact) mass is 511 g/mol. The summed E-state index contributed by atoms with van der Waals surface area (Å²) in [5, 5.41) is 29.7. The number of amides is 2. The first-order valence-corrected chi connectivity index (χ1v) is 11.6. The van der Waals surface area contributed by atoms with E-state index in [2.05, 4.69) is 0 Å². The Morgan fingerprint density at radius 3 is 2.32 bits per heavy atom. The Bertz CT molecular complexity index is 1280. The minimum Gasteiger partial charge on any atom is -0.497 e. The van der Waals surface area contributed by atoms with Gasteiger partial charge in [-0.25, -0.2) is 14.8 Å². The third-order valence-corrected chi connectivity index (χ3v) is 6.67. The fourth-order valence-corrected chi connectivity index (χ4v) is 4.46. The van der Waals surface area contributed by atoms with Crippen molar-refractivity contribution in [2.45, 2.75) is 24.9 Å². The maximum absolute atomic E-state index is 12.6. The summed E-state index contributed by atoms with van der Waals surface area (Å²) in [5.41, 5.74) is 0.859. The lowest BCUT2D eigenvalue weighted by Crippen LogP contribution is -2.51. The second-order valence-corrected chi connectivity index (χ2v) is 8.80. The zero-order valence-corrected chi connectivity index (χ0v) is 20.8. The highest BCUT2D eigenvalue weighted by Crippen LogP contribution is 2.44. The van der Waals surface area contributed by atoms with Crippen molar-refractivity contribution in [3.05, 3.63) is 53.9 Å². The van der Waals surface area contributed by atoms with Gasteiger partial charge in [-0.05, 0) is 30.5 Å². The molecule has 0 aliphatic carbocycles. The number of piperidine rings is 1. The number of carboxylic acid groups (broad SMARTS) is 1. The molecule has 1 aromatic heterocycles. The first-order valence-electron chi connectivity index (χ1n) is 11.6. The number of aliphatic carboxylic acids is 1. The Balaban J connectivity index is 1.84. The van der Waals surface area contributed by atoms with Crippen LogP contribution in [0.5, 0.6) is 11.5 Å². The minimum absolute atomic E-state index is 0.0126. The lowest BCUT2D eigenvalue weighted by Gasteiger charge is -2.37. The molecular weight excluding hydrogens is 482 g/mol. The van der Waals surface area contributed by atoms with Crippen molar-refractivity contribution in [3.63, 3.8) is 0 Å². The van der Waals surface area contributed by atoms with Crippen molar-refractivity contribution in [3.8, 4) is 34.1 Å². The van der Waals surface area contributed by atoms with Gasteiger partial charge in [0.1, 0.15) is 22.6 Å². The van der Waals surface area contributed by atoms with Gasteiger partial charge >= 0.3 is 12.0 Å². The molecule has 2 amide bonds. The van der Waals surface area contributed by atoms with E-state index in [1.54, 1.807) is 42.5 Å². The topological polar surface area (TPSA) is 146 Å². The first kappa shape index (κ1) is 26.0. The van der Waals surface area contributed by atoms with Gasteiger partial charge in [-0.2, -0.15) is 0 Å². The van der Waals surface area contributed by atoms with Crippen LogP contribution >= 0.6 is 0 Å². The zero-order valence-electron chi connectivity index (χ0n) is 20.8. The van der Waals surface area contributed by atoms with E-state index in [0.717, 1.165) is 0 Å². The van der Waals surface area contributed by atoms with E-state index in [-0.39, 0.29) is 38.4 Å². The Hall–Kier alpha value is -4.09. The molecule has 0 saturated carbocycles. The van der Waals surface area contributed by atoms with Crippen molar-refractivity contribution >= 4 is 12.0 Å². The molecule has 37 heavy (non-hydrogen) atoms. The number of hydrogen-bond acceptors (Lipinski definition) is 8. The Labute approximate surface area is 213 Å². The van der Waals surface area contributed by atoms with Crippen LogP contribution in [-0.2, 0) is 16.8 Å². The van der Waals surface area contributed by atoms with Gasteiger partial charge in [0.2, 0.25) is 5.89 Å². The third-order valence-electron chi connectivity index (χ3n) is 6.67. The molecular formula is C26H29N3O8. The van der Waals surface area contributed by atoms with E-state index in [0.29, 0.717) is 44.7 Å². The molecule has 3 N–H and O–H groups in total. The maximum atomic E-state index is 12.6. The highest BCUT2D eigenvalue weighted by molar-refractivity contribution is 5.84. The summed E-state index contributed by atoms with van der Waals surface area (Å²) >= 11 is 0. The molecule has 3 aromatic rings. The van der Waals surface area contributed by atoms with Crippen molar-refractivity contribution in [2.75, 3.05) is 34.4 Å². The number of carbonyl (C=O) groups is 2. The van der Waals surface area contributed by atoms with E-state index in [1.807, 2.05) is 0 Å². The third kappa shape index (κ3) is 4.83. The number of aliphatic hydroxyl groups excluding tert-OH is 1. The number of carboxylic acids is 1. The van der Waals surface area contributed by atoms with Gasteiger partial charge in [0.25, 0.3) is 0 Å². The molecule has 1 aliphatic rings. The molecule has 2 aromatic carbocycles. The number of likely N-dealkylation sites (tertiary alicyclic amines) is 1. The highest BCUT2D eigenvalue weighted by Gasteiger charge is 2.49. The number of urea groups is 1. The lowest BCUT2D eigenvalue weighted by atomic mass is 9.78. The molecule has 1 fully saturated rings. The van der Waals surface area contributed by atoms with Gasteiger partial charge in [0, 0.05) is 31.8 Å². The number of ether oxygens (including phenoxy) is 2. The number of nitrogens with zero attached hydrogens (tertiary/aromatic N) is 3. The summed E-state index contributed by atoms with van der Waals surface area (Å²) in [7, 11) is 4.27. The quantitative estimate of drug-likeness (QED) is 0.321. The average Bonchev–Trinajstić information content (AvgIpc) is 3.37. The number of aliphatic hydroxyl groups is 1. The minimum atomic E-state index is -1.48. The van der Waals surface area contributed by atoms with Gasteiger partial charge in [-0.15, -0.1) is 0 Å². The fourth-order valence-electron chi connectivity index (χ4n) is 4.46. The van der Waals surface area contributed by atoms with E-state index in [4.69, 9.17) is 18.9 Å². The van der Waals surface area contributed by atoms with Crippen LogP contribution < -0.4 is 9.47 Å². The number of carbonyl (C=O) groups excluding carboxylic acids is 1. The molecule has 1 saturated heterocycles. The summed E-state index contributed by atoms with van der Waals surface area (Å²) in [6.45, 7) is 0.0736. The largest absolute Gasteiger partial charge is 0.497 e. The van der Waals surface area contributed by atoms with E-state index in [9.17, 15) is 25.0 Å². The number of methoxy groups -OCH3 is 2. The summed E-state index contributed by atoms with van der Waals surface area (Å²) in [4.78, 5) is 30.9. The van der Waals surface area contributed by atoms with E-state index >= 15 is 0 Å². The number of hydroxylamine groups is 2. The normalized spacial score (nSPS) is 14.8. The van der Waals surface area contributed by atoms with Gasteiger partial charge in [0.15, 0.2) is 5.76 Å². The molecule has 2 heterocycles. The predicted molar refractivity (Wildman–Crippen MR) is 131 cm³/mol. The number of oxazole rings is 1. The van der Waals surface area contributed by atoms with E-state index < -0.39 is 17.4 Å². The smallest absolute Gasteiger partial charge is 0.343 e. The summed E-state index contributed by atoms with van der Waals surface area (Å²) < 4.78 is 17.1. The Morgan fingerprint density at radius 2 is 1.78 bits per heavy atom. The zero-order chi connectivity index (χ0) is 26.7. The van der Waals surface area contributed by atoms with Crippen LogP contribution in [0.25, 0.3) is 22.6 Å². The molecule has 0 spiro atoms. The highest BCUT2D eigenvalue weighted by atomic mass is 16.5. The molecule has 4 rings (SSSR count). The first-order chi connectivity index (χ1) is 17.7. The lowest BCUT2D eigenvalue weighted by molar-refractivity contribution is -0.147. The van der Waals surface area contributed by atoms with Crippen molar-refractivity contribution in [1.29, 1.82) is 0 Å². The van der Waals surface area contributed by atoms with Gasteiger partial charge in [-0.1, -0.05) is 24.3 Å². The molecule has 196 valence electrons. The summed E-state index contributed by atoms with van der Waals surface area (Å²) in [6, 6.07) is 11.6. The van der Waals surface area contributed by atoms with Gasteiger partial charge in [0.05, 0.1) is 26.4 Å². The average molecular weight is 512 g/mol. The van der Waals surface area contributed by atoms with Crippen molar-refractivity contribution < 1.29 is 38.9 Å². The molecule has 11 nitrogen and oxygen atoms in total. The van der Waals surface area contributed by atoms with Crippen LogP contribution in [-0.4, -0.2) is 76.7 Å². The number of benzene rings is 2. The van der Waals surface area contributed by atoms with Crippen LogP contribution in [0.1, 0.15) is 24.3 Å². The fraction of sp³-hybridized carbons (Fsp3) is 0.346. The van der Waals surface area contributed by atoms with E-state index in [1.165, 1.54) is 26.2 Å². The van der Waals surface area contributed by atoms with Gasteiger partial charge in [-0.3, -0.25) is 10.0 Å². The summed E-state index contributed by atoms with van der Waals surface area (Å²) in [5.74, 6) is 0.237. The number of rotatable bonds is 7. The van der Waals surface area contributed by atoms with Crippen molar-refractivity contribution in [2.24, 2.45) is 0 Å². The Morgan fingerprint density at radius 1 is 1.11 bits per heavy atom. The second-order valence-electron chi connectivity index (χ2n) is 8.80. The van der Waals surface area contributed by atoms with Crippen LogP contribution in [0.2, 0.25) is 0 Å². The number of hydrogen-bond donors (Lipinski definition) is 3. The molecule has 1 aliphatic heterocycles. The molecule has 11 heteroatoms. The summed E-state index contributed by atoms with van der Waals surface area (Å²) in [6.07, 6.45) is 0.0923. The molecule has 0 atom stereocenters. The van der Waals surface area contributed by atoms with Crippen LogP contribution in [0.4, 0.5) is 4.79 Å². The van der Waals surface area contributed by atoms with Crippen LogP contribution in [0, 0.1) is 0 Å². The molecule has 0 unspecified atom stereocenters.